The van der Waals surface area contributed by atoms with Crippen LogP contribution in [0.25, 0.3) is 0 Å². The Hall–Kier alpha value is -0.650. The number of likely N-dealkylation sites (tertiary alicyclic amines) is 3. The molecule has 4 aliphatic rings. The molecule has 4 heterocycles. The number of fused-ring (bicyclic) bond motifs is 1. The molecule has 0 radical (unpaired) electrons. The lowest BCUT2D eigenvalue weighted by molar-refractivity contribution is -0.145. The summed E-state index contributed by atoms with van der Waals surface area (Å²) in [5.41, 5.74) is 0. The average molecular weight is 350 g/mol. The van der Waals surface area contributed by atoms with Crippen LogP contribution in [-0.4, -0.2) is 85.2 Å². The number of hydrogen-bond donors (Lipinski definition) is 0. The van der Waals surface area contributed by atoms with E-state index in [1.54, 1.807) is 0 Å². The quantitative estimate of drug-likeness (QED) is 0.776. The van der Waals surface area contributed by atoms with Gasteiger partial charge in [0.15, 0.2) is 0 Å². The van der Waals surface area contributed by atoms with Gasteiger partial charge in [0.2, 0.25) is 0 Å². The van der Waals surface area contributed by atoms with E-state index in [-0.39, 0.29) is 18.1 Å². The Balaban J connectivity index is 1.24. The van der Waals surface area contributed by atoms with Gasteiger partial charge in [-0.3, -0.25) is 9.69 Å². The molecular formula is C20H35N3O2. The number of amides is 1. The summed E-state index contributed by atoms with van der Waals surface area (Å²) in [7, 11) is 0. The van der Waals surface area contributed by atoms with Gasteiger partial charge in [-0.05, 0) is 70.0 Å². The fraction of sp³-hybridized carbons (Fsp3) is 0.950. The maximum atomic E-state index is 12.8. The zero-order chi connectivity index (χ0) is 17.2. The van der Waals surface area contributed by atoms with Crippen LogP contribution in [0.3, 0.4) is 0 Å². The third-order valence-corrected chi connectivity index (χ3v) is 6.94. The summed E-state index contributed by atoms with van der Waals surface area (Å²) in [6.45, 7) is 11.3. The van der Waals surface area contributed by atoms with Crippen LogP contribution in [0.5, 0.6) is 0 Å². The third-order valence-electron chi connectivity index (χ3n) is 6.94. The topological polar surface area (TPSA) is 36.0 Å². The Morgan fingerprint density at radius 2 is 1.68 bits per heavy atom. The summed E-state index contributed by atoms with van der Waals surface area (Å²) in [5.74, 6) is 1.63. The molecule has 142 valence electrons. The molecule has 0 saturated carbocycles. The smallest absolute Gasteiger partial charge is 0.251 e. The second kappa shape index (κ2) is 7.93. The fourth-order valence-corrected chi connectivity index (χ4v) is 5.08. The predicted molar refractivity (Wildman–Crippen MR) is 98.5 cm³/mol. The minimum Gasteiger partial charge on any atom is -0.364 e. The largest absolute Gasteiger partial charge is 0.364 e. The molecule has 4 aliphatic heterocycles. The normalized spacial score (nSPS) is 35.2. The first-order chi connectivity index (χ1) is 12.2. The van der Waals surface area contributed by atoms with E-state index in [2.05, 4.69) is 21.6 Å². The van der Waals surface area contributed by atoms with Gasteiger partial charge in [-0.25, -0.2) is 0 Å². The molecule has 25 heavy (non-hydrogen) atoms. The second-order valence-corrected chi connectivity index (χ2v) is 8.80. The van der Waals surface area contributed by atoms with Gasteiger partial charge < -0.3 is 14.5 Å². The molecule has 5 nitrogen and oxygen atoms in total. The van der Waals surface area contributed by atoms with Crippen molar-refractivity contribution in [2.24, 2.45) is 11.8 Å². The lowest BCUT2D eigenvalue weighted by Crippen LogP contribution is -2.45. The van der Waals surface area contributed by atoms with Crippen molar-refractivity contribution in [3.05, 3.63) is 0 Å². The van der Waals surface area contributed by atoms with Crippen molar-refractivity contribution >= 4 is 5.91 Å². The lowest BCUT2D eigenvalue weighted by Gasteiger charge is -2.35. The molecule has 0 unspecified atom stereocenters. The van der Waals surface area contributed by atoms with Crippen LogP contribution < -0.4 is 0 Å². The lowest BCUT2D eigenvalue weighted by atomic mass is 9.91. The molecule has 3 atom stereocenters. The Bertz CT molecular complexity index is 458. The minimum atomic E-state index is -0.165. The number of nitrogens with zero attached hydrogens (tertiary/aromatic N) is 3. The number of carbonyl (C=O) groups is 1. The maximum Gasteiger partial charge on any atom is 0.251 e. The van der Waals surface area contributed by atoms with Crippen molar-refractivity contribution in [2.75, 3.05) is 52.4 Å². The molecule has 4 saturated heterocycles. The van der Waals surface area contributed by atoms with Crippen molar-refractivity contribution in [3.63, 3.8) is 0 Å². The van der Waals surface area contributed by atoms with E-state index in [1.807, 2.05) is 0 Å². The molecule has 4 fully saturated rings. The molecule has 0 aromatic heterocycles. The molecule has 0 spiro atoms. The summed E-state index contributed by atoms with van der Waals surface area (Å²) in [6, 6.07) is 0. The summed E-state index contributed by atoms with van der Waals surface area (Å²) in [4.78, 5) is 20.0. The van der Waals surface area contributed by atoms with E-state index in [9.17, 15) is 4.79 Å². The predicted octanol–water partition coefficient (Wildman–Crippen LogP) is 1.82. The highest BCUT2D eigenvalue weighted by Crippen LogP contribution is 2.34. The molecule has 0 aromatic carbocycles. The SMILES string of the molecule is CC1CCN(C(=O)[C@@H]2C[C@@H]3CCN(CCN4CCCC4)C[C@@H]3O2)CC1. The minimum absolute atomic E-state index is 0.165. The van der Waals surface area contributed by atoms with E-state index < -0.39 is 0 Å². The zero-order valence-electron chi connectivity index (χ0n) is 15.9. The number of carbonyl (C=O) groups excluding carboxylic acids is 1. The van der Waals surface area contributed by atoms with Crippen LogP contribution in [0.1, 0.15) is 45.4 Å². The first-order valence-corrected chi connectivity index (χ1v) is 10.6. The maximum absolute atomic E-state index is 12.8. The Labute approximate surface area is 152 Å². The van der Waals surface area contributed by atoms with Gasteiger partial charge in [0.1, 0.15) is 6.10 Å². The van der Waals surface area contributed by atoms with Gasteiger partial charge in [0, 0.05) is 32.7 Å². The van der Waals surface area contributed by atoms with Gasteiger partial charge in [0.25, 0.3) is 5.91 Å². The van der Waals surface area contributed by atoms with Crippen molar-refractivity contribution in [1.82, 2.24) is 14.7 Å². The van der Waals surface area contributed by atoms with Crippen LogP contribution in [0.15, 0.2) is 0 Å². The molecule has 0 aromatic rings. The van der Waals surface area contributed by atoms with E-state index in [4.69, 9.17) is 4.74 Å². The number of piperidine rings is 2. The van der Waals surface area contributed by atoms with E-state index in [1.165, 1.54) is 45.4 Å². The molecular weight excluding hydrogens is 314 g/mol. The third kappa shape index (κ3) is 4.20. The summed E-state index contributed by atoms with van der Waals surface area (Å²) >= 11 is 0. The van der Waals surface area contributed by atoms with Crippen LogP contribution in [0, 0.1) is 11.8 Å². The van der Waals surface area contributed by atoms with E-state index >= 15 is 0 Å². The molecule has 5 heteroatoms. The fourth-order valence-electron chi connectivity index (χ4n) is 5.08. The molecule has 1 amide bonds. The zero-order valence-corrected chi connectivity index (χ0v) is 15.9. The van der Waals surface area contributed by atoms with Gasteiger partial charge in [0.05, 0.1) is 6.10 Å². The Kier molecular flexibility index (Phi) is 5.63. The molecule has 0 N–H and O–H groups in total. The van der Waals surface area contributed by atoms with Crippen molar-refractivity contribution in [3.8, 4) is 0 Å². The summed E-state index contributed by atoms with van der Waals surface area (Å²) < 4.78 is 6.26. The van der Waals surface area contributed by atoms with E-state index in [0.717, 1.165) is 51.4 Å². The van der Waals surface area contributed by atoms with Gasteiger partial charge in [-0.1, -0.05) is 6.92 Å². The van der Waals surface area contributed by atoms with Crippen molar-refractivity contribution < 1.29 is 9.53 Å². The monoisotopic (exact) mass is 349 g/mol. The van der Waals surface area contributed by atoms with Crippen molar-refractivity contribution in [2.45, 2.75) is 57.7 Å². The van der Waals surface area contributed by atoms with E-state index in [0.29, 0.717) is 5.92 Å². The van der Waals surface area contributed by atoms with Crippen LogP contribution in [-0.2, 0) is 9.53 Å². The molecule has 0 bridgehead atoms. The summed E-state index contributed by atoms with van der Waals surface area (Å²) in [5, 5.41) is 0. The first kappa shape index (κ1) is 17.7. The summed E-state index contributed by atoms with van der Waals surface area (Å²) in [6.07, 6.45) is 7.30. The number of hydrogen-bond acceptors (Lipinski definition) is 4. The van der Waals surface area contributed by atoms with Crippen LogP contribution in [0.2, 0.25) is 0 Å². The van der Waals surface area contributed by atoms with Crippen LogP contribution >= 0.6 is 0 Å². The average Bonchev–Trinajstić information content (AvgIpc) is 3.29. The highest BCUT2D eigenvalue weighted by Gasteiger charge is 2.43. The van der Waals surface area contributed by atoms with Gasteiger partial charge >= 0.3 is 0 Å². The first-order valence-electron chi connectivity index (χ1n) is 10.6. The second-order valence-electron chi connectivity index (χ2n) is 8.80. The van der Waals surface area contributed by atoms with Crippen molar-refractivity contribution in [1.29, 1.82) is 0 Å². The highest BCUT2D eigenvalue weighted by atomic mass is 16.5. The Morgan fingerprint density at radius 3 is 2.44 bits per heavy atom. The van der Waals surface area contributed by atoms with Crippen LogP contribution in [0.4, 0.5) is 0 Å². The number of ether oxygens (including phenoxy) is 1. The van der Waals surface area contributed by atoms with Gasteiger partial charge in [-0.15, -0.1) is 0 Å². The van der Waals surface area contributed by atoms with Gasteiger partial charge in [-0.2, -0.15) is 0 Å². The standard InChI is InChI=1S/C20H35N3O2/c1-16-4-10-23(11-5-16)20(24)18-14-17-6-9-22(15-19(17)25-18)13-12-21-7-2-3-8-21/h16-19H,2-15H2,1H3/t17-,18-,19-/m0/s1. The Morgan fingerprint density at radius 1 is 0.960 bits per heavy atom. The molecule has 4 rings (SSSR count). The molecule has 0 aliphatic carbocycles. The number of rotatable bonds is 4. The highest BCUT2D eigenvalue weighted by molar-refractivity contribution is 5.81.